The molecule has 0 saturated carbocycles. The Bertz CT molecular complexity index is 941. The van der Waals surface area contributed by atoms with E-state index in [4.69, 9.17) is 0 Å². The second kappa shape index (κ2) is 8.71. The van der Waals surface area contributed by atoms with Crippen LogP contribution < -0.4 is 15.4 Å². The summed E-state index contributed by atoms with van der Waals surface area (Å²) in [7, 11) is 0. The summed E-state index contributed by atoms with van der Waals surface area (Å²) in [6.07, 6.45) is 6.85. The van der Waals surface area contributed by atoms with E-state index in [0.29, 0.717) is 17.9 Å². The number of nitrogens with one attached hydrogen (secondary N) is 2. The predicted molar refractivity (Wildman–Crippen MR) is 98.5 cm³/mol. The van der Waals surface area contributed by atoms with Gasteiger partial charge in [0.1, 0.15) is 0 Å². The predicted octanol–water partition coefficient (Wildman–Crippen LogP) is 3.19. The Labute approximate surface area is 158 Å². The van der Waals surface area contributed by atoms with Crippen molar-refractivity contribution in [2.45, 2.75) is 13.2 Å². The van der Waals surface area contributed by atoms with Crippen LogP contribution in [0, 0.1) is 0 Å². The monoisotopic (exact) mass is 386 g/mol. The van der Waals surface area contributed by atoms with Crippen molar-refractivity contribution >= 4 is 23.2 Å². The van der Waals surface area contributed by atoms with E-state index in [1.165, 1.54) is 6.08 Å². The van der Waals surface area contributed by atoms with Crippen molar-refractivity contribution < 1.29 is 18.3 Å². The fraction of sp³-hybridized carbons (Fsp3) is 0.111. The van der Waals surface area contributed by atoms with Gasteiger partial charge in [-0.2, -0.15) is 13.9 Å². The number of alkyl halides is 2. The molecule has 1 amide bonds. The Morgan fingerprint density at radius 3 is 2.54 bits per heavy atom. The number of ether oxygens (including phenoxy) is 1. The number of aromatic nitrogens is 4. The highest BCUT2D eigenvalue weighted by atomic mass is 19.3. The van der Waals surface area contributed by atoms with Crippen LogP contribution in [-0.2, 0) is 11.3 Å². The Kier molecular flexibility index (Phi) is 5.90. The Morgan fingerprint density at radius 1 is 1.18 bits per heavy atom. The van der Waals surface area contributed by atoms with Gasteiger partial charge in [-0.15, -0.1) is 0 Å². The molecule has 144 valence electrons. The number of halogens is 2. The van der Waals surface area contributed by atoms with Crippen molar-refractivity contribution in [1.82, 2.24) is 19.7 Å². The number of carbonyl (C=O) groups excluding carboxylic acids is 1. The molecule has 3 rings (SSSR count). The van der Waals surface area contributed by atoms with E-state index in [2.05, 4.69) is 37.0 Å². The van der Waals surface area contributed by atoms with Crippen molar-refractivity contribution in [2.75, 3.05) is 10.6 Å². The molecule has 28 heavy (non-hydrogen) atoms. The van der Waals surface area contributed by atoms with E-state index in [0.717, 1.165) is 18.0 Å². The van der Waals surface area contributed by atoms with Gasteiger partial charge in [0.15, 0.2) is 5.75 Å². The number of amides is 1. The highest BCUT2D eigenvalue weighted by Gasteiger charge is 2.07. The molecule has 0 spiro atoms. The normalized spacial score (nSPS) is 10.5. The zero-order chi connectivity index (χ0) is 19.9. The third kappa shape index (κ3) is 5.34. The highest BCUT2D eigenvalue weighted by molar-refractivity contribution is 5.98. The molecule has 8 nitrogen and oxygen atoms in total. The van der Waals surface area contributed by atoms with E-state index >= 15 is 0 Å². The molecule has 0 bridgehead atoms. The Balaban J connectivity index is 1.58. The lowest BCUT2D eigenvalue weighted by Gasteiger charge is -2.06. The number of hydrogen-bond donors (Lipinski definition) is 2. The summed E-state index contributed by atoms with van der Waals surface area (Å²) in [5, 5.41) is 9.84. The second-order valence-corrected chi connectivity index (χ2v) is 5.56. The average molecular weight is 386 g/mol. The molecule has 10 heteroatoms. The van der Waals surface area contributed by atoms with E-state index < -0.39 is 6.61 Å². The Morgan fingerprint density at radius 2 is 1.89 bits per heavy atom. The van der Waals surface area contributed by atoms with Crippen LogP contribution >= 0.6 is 0 Å². The summed E-state index contributed by atoms with van der Waals surface area (Å²) in [4.78, 5) is 19.1. The number of rotatable bonds is 8. The molecule has 0 aliphatic rings. The van der Waals surface area contributed by atoms with E-state index in [1.807, 2.05) is 12.1 Å². The quantitative estimate of drug-likeness (QED) is 0.578. The summed E-state index contributed by atoms with van der Waals surface area (Å²) in [6, 6.07) is 7.32. The largest absolute Gasteiger partial charge is 0.432 e. The lowest BCUT2D eigenvalue weighted by molar-refractivity contribution is -0.111. The van der Waals surface area contributed by atoms with Crippen LogP contribution in [0.1, 0.15) is 5.56 Å². The first-order valence-electron chi connectivity index (χ1n) is 8.10. The van der Waals surface area contributed by atoms with Gasteiger partial charge in [-0.1, -0.05) is 18.7 Å². The van der Waals surface area contributed by atoms with Crippen LogP contribution in [0.2, 0.25) is 0 Å². The van der Waals surface area contributed by atoms with Crippen LogP contribution in [0.25, 0.3) is 0 Å². The summed E-state index contributed by atoms with van der Waals surface area (Å²) in [5.74, 6) is -0.168. The minimum absolute atomic E-state index is 0.121. The smallest absolute Gasteiger partial charge is 0.387 e. The molecule has 0 aliphatic carbocycles. The molecular weight excluding hydrogens is 370 g/mol. The summed E-state index contributed by atoms with van der Waals surface area (Å²) < 4.78 is 30.1. The maximum Gasteiger partial charge on any atom is 0.387 e. The van der Waals surface area contributed by atoms with Crippen LogP contribution in [0.4, 0.5) is 26.1 Å². The molecule has 2 aromatic heterocycles. The SMILES string of the molecule is C=CC(=O)Nc1ccc(Cn2cc(Nc3ncc(OC(F)F)cn3)cn2)cc1. The molecule has 0 fully saturated rings. The van der Waals surface area contributed by atoms with Crippen LogP contribution in [0.3, 0.4) is 0 Å². The first-order chi connectivity index (χ1) is 13.5. The van der Waals surface area contributed by atoms with Gasteiger partial charge in [-0.05, 0) is 23.8 Å². The lowest BCUT2D eigenvalue weighted by Crippen LogP contribution is -2.07. The molecule has 3 aromatic rings. The van der Waals surface area contributed by atoms with Gasteiger partial charge in [-0.3, -0.25) is 9.48 Å². The lowest BCUT2D eigenvalue weighted by atomic mass is 10.2. The molecule has 2 N–H and O–H groups in total. The molecule has 0 atom stereocenters. The van der Waals surface area contributed by atoms with Crippen LogP contribution in [0.15, 0.2) is 61.7 Å². The maximum atomic E-state index is 12.1. The van der Waals surface area contributed by atoms with Gasteiger partial charge >= 0.3 is 6.61 Å². The van der Waals surface area contributed by atoms with Crippen LogP contribution in [-0.4, -0.2) is 32.3 Å². The van der Waals surface area contributed by atoms with E-state index in [1.54, 1.807) is 29.2 Å². The molecular formula is C18H16F2N6O2. The minimum atomic E-state index is -2.92. The number of carbonyl (C=O) groups is 1. The van der Waals surface area contributed by atoms with Gasteiger partial charge in [0.25, 0.3) is 0 Å². The standard InChI is InChI=1S/C18H16F2N6O2/c1-2-16(27)24-13-5-3-12(4-6-13)10-26-11-14(7-23-26)25-18-21-8-15(9-22-18)28-17(19)20/h2-9,11,17H,1,10H2,(H,24,27)(H,21,22,25). The first kappa shape index (κ1) is 19.0. The number of hydrogen-bond acceptors (Lipinski definition) is 6. The van der Waals surface area contributed by atoms with Crippen molar-refractivity contribution in [3.63, 3.8) is 0 Å². The van der Waals surface area contributed by atoms with E-state index in [-0.39, 0.29) is 17.6 Å². The van der Waals surface area contributed by atoms with Gasteiger partial charge in [0, 0.05) is 11.9 Å². The first-order valence-corrected chi connectivity index (χ1v) is 8.10. The molecule has 1 aromatic carbocycles. The van der Waals surface area contributed by atoms with Gasteiger partial charge in [0.2, 0.25) is 11.9 Å². The molecule has 0 radical (unpaired) electrons. The molecule has 0 saturated heterocycles. The Hall–Kier alpha value is -3.82. The van der Waals surface area contributed by atoms with Crippen LogP contribution in [0.5, 0.6) is 5.75 Å². The fourth-order valence-electron chi connectivity index (χ4n) is 2.26. The maximum absolute atomic E-state index is 12.1. The number of nitrogens with zero attached hydrogens (tertiary/aromatic N) is 4. The van der Waals surface area contributed by atoms with Crippen molar-refractivity contribution in [1.29, 1.82) is 0 Å². The summed E-state index contributed by atoms with van der Waals surface area (Å²) >= 11 is 0. The summed E-state index contributed by atoms with van der Waals surface area (Å²) in [5.41, 5.74) is 2.29. The third-order valence-corrected chi connectivity index (χ3v) is 3.49. The topological polar surface area (TPSA) is 94.0 Å². The van der Waals surface area contributed by atoms with Gasteiger partial charge < -0.3 is 15.4 Å². The molecule has 0 unspecified atom stereocenters. The number of benzene rings is 1. The zero-order valence-electron chi connectivity index (χ0n) is 14.5. The molecule has 0 aliphatic heterocycles. The van der Waals surface area contributed by atoms with Crippen molar-refractivity contribution in [3.8, 4) is 5.75 Å². The second-order valence-electron chi connectivity index (χ2n) is 5.56. The fourth-order valence-corrected chi connectivity index (χ4v) is 2.26. The zero-order valence-corrected chi connectivity index (χ0v) is 14.5. The molecule has 2 heterocycles. The van der Waals surface area contributed by atoms with Gasteiger partial charge in [-0.25, -0.2) is 9.97 Å². The van der Waals surface area contributed by atoms with Crippen molar-refractivity contribution in [2.24, 2.45) is 0 Å². The van der Waals surface area contributed by atoms with E-state index in [9.17, 15) is 13.6 Å². The summed E-state index contributed by atoms with van der Waals surface area (Å²) in [6.45, 7) is 0.993. The van der Waals surface area contributed by atoms with Crippen molar-refractivity contribution in [3.05, 3.63) is 67.3 Å². The third-order valence-electron chi connectivity index (χ3n) is 3.49. The number of anilines is 3. The highest BCUT2D eigenvalue weighted by Crippen LogP contribution is 2.16. The van der Waals surface area contributed by atoms with Gasteiger partial charge in [0.05, 0.1) is 30.8 Å². The minimum Gasteiger partial charge on any atom is -0.432 e. The average Bonchev–Trinajstić information content (AvgIpc) is 3.11.